The van der Waals surface area contributed by atoms with Gasteiger partial charge in [0, 0.05) is 12.8 Å². The van der Waals surface area contributed by atoms with Crippen molar-refractivity contribution < 1.29 is 52.9 Å². The highest BCUT2D eigenvalue weighted by molar-refractivity contribution is 7.47. The number of phosphoric acid groups is 1. The van der Waals surface area contributed by atoms with Crippen LogP contribution in [0.25, 0.3) is 0 Å². The number of carbonyl (C=O) groups is 2. The zero-order valence-corrected chi connectivity index (χ0v) is 33.9. The molecule has 0 aromatic carbocycles. The first-order chi connectivity index (χ1) is 25.5. The van der Waals surface area contributed by atoms with Crippen molar-refractivity contribution in [3.63, 3.8) is 0 Å². The molecule has 0 rings (SSSR count). The highest BCUT2D eigenvalue weighted by Gasteiger charge is 2.27. The Morgan fingerprint density at radius 3 is 1.70 bits per heavy atom. The molecule has 308 valence electrons. The van der Waals surface area contributed by atoms with E-state index in [2.05, 4.69) is 54.8 Å². The molecule has 53 heavy (non-hydrogen) atoms. The second-order valence-electron chi connectivity index (χ2n) is 13.9. The minimum atomic E-state index is -4.63. The second kappa shape index (κ2) is 35.6. The number of unbranched alkanes of at least 4 members (excludes halogenated alkanes) is 9. The number of hydrogen-bond acceptors (Lipinski definition) is 10. The number of aliphatic hydroxyl groups excluding tert-OH is 3. The van der Waals surface area contributed by atoms with Crippen molar-refractivity contribution >= 4 is 19.8 Å². The Hall–Kier alpha value is -2.11. The minimum Gasteiger partial charge on any atom is -0.462 e. The maximum Gasteiger partial charge on any atom is 0.472 e. The predicted molar refractivity (Wildman–Crippen MR) is 211 cm³/mol. The molecular formula is C41H73O11P. The van der Waals surface area contributed by atoms with E-state index in [-0.39, 0.29) is 25.6 Å². The summed E-state index contributed by atoms with van der Waals surface area (Å²) in [6, 6.07) is 0. The van der Waals surface area contributed by atoms with Crippen molar-refractivity contribution in [2.45, 2.75) is 167 Å². The molecule has 0 radical (unpaired) electrons. The van der Waals surface area contributed by atoms with Crippen LogP contribution < -0.4 is 0 Å². The molecule has 0 fully saturated rings. The molecule has 0 bridgehead atoms. The average molecular weight is 773 g/mol. The Labute approximate surface area is 320 Å². The summed E-state index contributed by atoms with van der Waals surface area (Å²) in [6.45, 7) is 4.29. The van der Waals surface area contributed by atoms with E-state index in [1.54, 1.807) is 0 Å². The highest BCUT2D eigenvalue weighted by Crippen LogP contribution is 2.43. The lowest BCUT2D eigenvalue weighted by Crippen LogP contribution is -2.29. The van der Waals surface area contributed by atoms with Crippen LogP contribution in [0.2, 0.25) is 0 Å². The van der Waals surface area contributed by atoms with Gasteiger partial charge in [-0.15, -0.1) is 0 Å². The first kappa shape index (κ1) is 50.9. The van der Waals surface area contributed by atoms with E-state index in [0.717, 1.165) is 63.7 Å². The first-order valence-corrected chi connectivity index (χ1v) is 21.5. The van der Waals surface area contributed by atoms with Crippen LogP contribution in [0.3, 0.4) is 0 Å². The van der Waals surface area contributed by atoms with Gasteiger partial charge in [0.1, 0.15) is 12.7 Å². The maximum atomic E-state index is 12.5. The van der Waals surface area contributed by atoms with Crippen LogP contribution in [0.1, 0.15) is 149 Å². The number of esters is 2. The third-order valence-corrected chi connectivity index (χ3v) is 9.28. The average Bonchev–Trinajstić information content (AvgIpc) is 3.13. The summed E-state index contributed by atoms with van der Waals surface area (Å²) in [5.74, 6) is -0.249. The van der Waals surface area contributed by atoms with E-state index in [9.17, 15) is 29.3 Å². The number of allylic oxidation sites excluding steroid dienone is 8. The van der Waals surface area contributed by atoms with Crippen LogP contribution in [0.4, 0.5) is 0 Å². The summed E-state index contributed by atoms with van der Waals surface area (Å²) < 4.78 is 32.5. The van der Waals surface area contributed by atoms with Crippen molar-refractivity contribution in [3.8, 4) is 0 Å². The number of hydrogen-bond donors (Lipinski definition) is 4. The van der Waals surface area contributed by atoms with Gasteiger partial charge in [0.25, 0.3) is 0 Å². The van der Waals surface area contributed by atoms with Gasteiger partial charge in [0.2, 0.25) is 0 Å². The van der Waals surface area contributed by atoms with Gasteiger partial charge in [-0.3, -0.25) is 18.6 Å². The van der Waals surface area contributed by atoms with Gasteiger partial charge < -0.3 is 29.7 Å². The maximum absolute atomic E-state index is 12.5. The molecule has 4 atom stereocenters. The summed E-state index contributed by atoms with van der Waals surface area (Å²) in [7, 11) is -4.63. The second-order valence-corrected chi connectivity index (χ2v) is 15.4. The molecule has 0 spiro atoms. The van der Waals surface area contributed by atoms with Crippen molar-refractivity contribution in [2.24, 2.45) is 5.92 Å². The molecule has 0 aliphatic heterocycles. The van der Waals surface area contributed by atoms with Gasteiger partial charge in [-0.25, -0.2) is 4.57 Å². The molecule has 0 aromatic heterocycles. The fourth-order valence-corrected chi connectivity index (χ4v) is 5.82. The molecule has 0 aliphatic carbocycles. The number of ether oxygens (including phenoxy) is 2. The zero-order valence-electron chi connectivity index (χ0n) is 33.0. The number of carbonyl (C=O) groups excluding carboxylic acids is 2. The van der Waals surface area contributed by atoms with Gasteiger partial charge in [-0.05, 0) is 63.7 Å². The van der Waals surface area contributed by atoms with Gasteiger partial charge in [-0.2, -0.15) is 0 Å². The number of phosphoric ester groups is 1. The van der Waals surface area contributed by atoms with E-state index >= 15 is 0 Å². The fraction of sp³-hybridized carbons (Fsp3) is 0.756. The van der Waals surface area contributed by atoms with Crippen LogP contribution >= 0.6 is 7.82 Å². The summed E-state index contributed by atoms with van der Waals surface area (Å²) in [5.41, 5.74) is 0. The topological polar surface area (TPSA) is 169 Å². The van der Waals surface area contributed by atoms with Crippen LogP contribution in [-0.4, -0.2) is 76.9 Å². The fourth-order valence-electron chi connectivity index (χ4n) is 5.03. The lowest BCUT2D eigenvalue weighted by atomic mass is 10.0. The predicted octanol–water partition coefficient (Wildman–Crippen LogP) is 8.99. The van der Waals surface area contributed by atoms with Crippen LogP contribution in [-0.2, 0) is 32.7 Å². The molecule has 0 aliphatic rings. The van der Waals surface area contributed by atoms with Crippen molar-refractivity contribution in [2.75, 3.05) is 26.4 Å². The molecule has 0 saturated carbocycles. The Bertz CT molecular complexity index is 1060. The van der Waals surface area contributed by atoms with Gasteiger partial charge >= 0.3 is 19.8 Å². The standard InChI is InChI=1S/C41H73O11P/c1-4-37(43)29-25-21-17-13-9-7-5-6-8-10-14-18-22-26-30-40(45)49-34-39(35-51-53(47,48)50-33-38(44)32-42)52-41(46)31-27-23-19-15-11-12-16-20-24-28-36(2)3/h6-9,14,17-18,21,36-39,42-44H,4-5,10-13,15-16,19-20,22-35H2,1-3H3,(H,47,48)/b8-6-,9-7-,18-14-,21-17-/t37-,38-,39+/m0/s1. The van der Waals surface area contributed by atoms with Gasteiger partial charge in [0.05, 0.1) is 25.9 Å². The Morgan fingerprint density at radius 2 is 1.13 bits per heavy atom. The Kier molecular flexibility index (Phi) is 34.2. The number of aliphatic hydroxyl groups is 3. The summed E-state index contributed by atoms with van der Waals surface area (Å²) in [6.07, 6.45) is 31.9. The molecular weight excluding hydrogens is 699 g/mol. The van der Waals surface area contributed by atoms with E-state index in [0.29, 0.717) is 19.3 Å². The Morgan fingerprint density at radius 1 is 0.623 bits per heavy atom. The molecule has 1 unspecified atom stereocenters. The Balaban J connectivity index is 4.44. The van der Waals surface area contributed by atoms with Gasteiger partial charge in [-0.1, -0.05) is 127 Å². The van der Waals surface area contributed by atoms with E-state index < -0.39 is 51.8 Å². The molecule has 11 nitrogen and oxygen atoms in total. The van der Waals surface area contributed by atoms with Crippen LogP contribution in [0.5, 0.6) is 0 Å². The third kappa shape index (κ3) is 36.6. The molecule has 0 saturated heterocycles. The lowest BCUT2D eigenvalue weighted by molar-refractivity contribution is -0.161. The summed E-state index contributed by atoms with van der Waals surface area (Å²) in [5, 5.41) is 27.8. The lowest BCUT2D eigenvalue weighted by Gasteiger charge is -2.20. The van der Waals surface area contributed by atoms with E-state index in [1.165, 1.54) is 38.5 Å². The third-order valence-electron chi connectivity index (χ3n) is 8.33. The smallest absolute Gasteiger partial charge is 0.462 e. The number of rotatable bonds is 36. The van der Waals surface area contributed by atoms with Crippen LogP contribution in [0, 0.1) is 5.92 Å². The van der Waals surface area contributed by atoms with Gasteiger partial charge in [0.15, 0.2) is 6.10 Å². The van der Waals surface area contributed by atoms with Crippen LogP contribution in [0.15, 0.2) is 48.6 Å². The van der Waals surface area contributed by atoms with Crippen molar-refractivity contribution in [1.82, 2.24) is 0 Å². The SMILES string of the molecule is CC[C@H](O)CC/C=C\C/C=C\C/C=C\C/C=C\CCCC(=O)OC[C@H](COP(=O)(O)OC[C@@H](O)CO)OC(=O)CCCCCCCCCCCC(C)C. The molecule has 0 aromatic rings. The highest BCUT2D eigenvalue weighted by atomic mass is 31.2. The van der Waals surface area contributed by atoms with Crippen molar-refractivity contribution in [3.05, 3.63) is 48.6 Å². The van der Waals surface area contributed by atoms with E-state index in [1.807, 2.05) is 19.1 Å². The zero-order chi connectivity index (χ0) is 39.4. The molecule has 12 heteroatoms. The monoisotopic (exact) mass is 772 g/mol. The summed E-state index contributed by atoms with van der Waals surface area (Å²) in [4.78, 5) is 34.8. The normalized spacial score (nSPS) is 15.2. The molecule has 0 amide bonds. The van der Waals surface area contributed by atoms with E-state index in [4.69, 9.17) is 19.1 Å². The quantitative estimate of drug-likeness (QED) is 0.0208. The minimum absolute atomic E-state index is 0.152. The summed E-state index contributed by atoms with van der Waals surface area (Å²) >= 11 is 0. The largest absolute Gasteiger partial charge is 0.472 e. The molecule has 4 N–H and O–H groups in total. The molecule has 0 heterocycles. The van der Waals surface area contributed by atoms with Crippen molar-refractivity contribution in [1.29, 1.82) is 0 Å². The first-order valence-electron chi connectivity index (χ1n) is 20.0.